The first kappa shape index (κ1) is 18.6. The molecule has 0 fully saturated rings. The lowest BCUT2D eigenvalue weighted by Crippen LogP contribution is -2.04. The summed E-state index contributed by atoms with van der Waals surface area (Å²) in [7, 11) is 4.89. The van der Waals surface area contributed by atoms with Crippen molar-refractivity contribution in [1.29, 1.82) is 0 Å². The van der Waals surface area contributed by atoms with Gasteiger partial charge in [-0.1, -0.05) is 0 Å². The van der Waals surface area contributed by atoms with Gasteiger partial charge in [-0.25, -0.2) is 9.97 Å². The van der Waals surface area contributed by atoms with Gasteiger partial charge < -0.3 is 19.5 Å². The van der Waals surface area contributed by atoms with Crippen molar-refractivity contribution < 1.29 is 14.2 Å². The van der Waals surface area contributed by atoms with Crippen LogP contribution in [0.3, 0.4) is 0 Å². The number of methoxy groups -OCH3 is 3. The van der Waals surface area contributed by atoms with Crippen molar-refractivity contribution in [2.45, 2.75) is 6.92 Å². The van der Waals surface area contributed by atoms with E-state index in [2.05, 4.69) is 10.3 Å². The molecule has 2 aromatic heterocycles. The molecule has 0 saturated heterocycles. The van der Waals surface area contributed by atoms with Crippen LogP contribution in [0, 0.1) is 6.92 Å². The SMILES string of the molecule is COc1ccc(Nc2nc(-c3ccc(OC)c(OC)c3)cc3nccn23)c(C)c1. The lowest BCUT2D eigenvalue weighted by atomic mass is 10.1. The van der Waals surface area contributed by atoms with E-state index in [9.17, 15) is 0 Å². The molecule has 0 aliphatic heterocycles. The summed E-state index contributed by atoms with van der Waals surface area (Å²) in [6.07, 6.45) is 3.63. The number of benzene rings is 2. The fraction of sp³-hybridized carbons (Fsp3) is 0.182. The van der Waals surface area contributed by atoms with Crippen LogP contribution in [-0.2, 0) is 0 Å². The van der Waals surface area contributed by atoms with E-state index in [0.717, 1.165) is 33.9 Å². The molecule has 0 spiro atoms. The largest absolute Gasteiger partial charge is 0.497 e. The van der Waals surface area contributed by atoms with Crippen LogP contribution in [0.4, 0.5) is 11.6 Å². The number of anilines is 2. The number of nitrogens with one attached hydrogen (secondary N) is 1. The molecule has 2 heterocycles. The van der Waals surface area contributed by atoms with Crippen LogP contribution in [0.2, 0.25) is 0 Å². The number of ether oxygens (including phenoxy) is 3. The molecular formula is C22H22N4O3. The van der Waals surface area contributed by atoms with Crippen LogP contribution in [-0.4, -0.2) is 35.7 Å². The van der Waals surface area contributed by atoms with E-state index in [1.165, 1.54) is 0 Å². The first-order valence-electron chi connectivity index (χ1n) is 9.11. The Morgan fingerprint density at radius 1 is 0.897 bits per heavy atom. The molecule has 148 valence electrons. The molecule has 0 bridgehead atoms. The number of fused-ring (bicyclic) bond motifs is 1. The van der Waals surface area contributed by atoms with Crippen LogP contribution < -0.4 is 19.5 Å². The van der Waals surface area contributed by atoms with Crippen molar-refractivity contribution in [3.63, 3.8) is 0 Å². The van der Waals surface area contributed by atoms with Crippen molar-refractivity contribution in [2.75, 3.05) is 26.6 Å². The lowest BCUT2D eigenvalue weighted by molar-refractivity contribution is 0.355. The molecule has 7 nitrogen and oxygen atoms in total. The lowest BCUT2D eigenvalue weighted by Gasteiger charge is -2.14. The van der Waals surface area contributed by atoms with E-state index >= 15 is 0 Å². The summed E-state index contributed by atoms with van der Waals surface area (Å²) < 4.78 is 18.0. The average Bonchev–Trinajstić information content (AvgIpc) is 3.23. The van der Waals surface area contributed by atoms with Gasteiger partial charge in [0, 0.05) is 29.7 Å². The molecule has 0 aliphatic carbocycles. The molecule has 2 aromatic carbocycles. The predicted octanol–water partition coefficient (Wildman–Crippen LogP) is 4.47. The summed E-state index contributed by atoms with van der Waals surface area (Å²) in [6, 6.07) is 13.5. The van der Waals surface area contributed by atoms with Gasteiger partial charge in [-0.15, -0.1) is 0 Å². The molecule has 0 unspecified atom stereocenters. The maximum Gasteiger partial charge on any atom is 0.213 e. The van der Waals surface area contributed by atoms with Crippen molar-refractivity contribution in [3.05, 3.63) is 60.4 Å². The Morgan fingerprint density at radius 3 is 2.45 bits per heavy atom. The van der Waals surface area contributed by atoms with Gasteiger partial charge in [0.25, 0.3) is 0 Å². The highest BCUT2D eigenvalue weighted by atomic mass is 16.5. The second-order valence-corrected chi connectivity index (χ2v) is 6.50. The first-order chi connectivity index (χ1) is 14.1. The van der Waals surface area contributed by atoms with Crippen LogP contribution in [0.25, 0.3) is 16.9 Å². The molecule has 1 N–H and O–H groups in total. The number of rotatable bonds is 6. The Bertz CT molecular complexity index is 1170. The van der Waals surface area contributed by atoms with Gasteiger partial charge in [0.2, 0.25) is 5.95 Å². The molecule has 7 heteroatoms. The molecular weight excluding hydrogens is 368 g/mol. The number of aryl methyl sites for hydroxylation is 1. The average molecular weight is 390 g/mol. The first-order valence-corrected chi connectivity index (χ1v) is 9.11. The number of hydrogen-bond donors (Lipinski definition) is 1. The van der Waals surface area contributed by atoms with Crippen LogP contribution in [0.1, 0.15) is 5.56 Å². The molecule has 4 aromatic rings. The van der Waals surface area contributed by atoms with Gasteiger partial charge >= 0.3 is 0 Å². The summed E-state index contributed by atoms with van der Waals surface area (Å²) in [5.41, 5.74) is 4.47. The molecule has 29 heavy (non-hydrogen) atoms. The van der Waals surface area contributed by atoms with E-state index in [-0.39, 0.29) is 0 Å². The minimum Gasteiger partial charge on any atom is -0.497 e. The van der Waals surface area contributed by atoms with E-state index in [0.29, 0.717) is 17.4 Å². The normalized spacial score (nSPS) is 10.8. The maximum atomic E-state index is 5.43. The Labute approximate surface area is 168 Å². The summed E-state index contributed by atoms with van der Waals surface area (Å²) in [6.45, 7) is 2.02. The number of nitrogens with zero attached hydrogens (tertiary/aromatic N) is 3. The second kappa shape index (κ2) is 7.71. The minimum atomic E-state index is 0.649. The van der Waals surface area contributed by atoms with Gasteiger partial charge in [-0.05, 0) is 48.9 Å². The number of aromatic nitrogens is 3. The third-order valence-corrected chi connectivity index (χ3v) is 4.75. The summed E-state index contributed by atoms with van der Waals surface area (Å²) in [4.78, 5) is 9.28. The molecule has 0 atom stereocenters. The monoisotopic (exact) mass is 390 g/mol. The van der Waals surface area contributed by atoms with E-state index in [4.69, 9.17) is 19.2 Å². The van der Waals surface area contributed by atoms with E-state index < -0.39 is 0 Å². The zero-order valence-corrected chi connectivity index (χ0v) is 16.8. The Balaban J connectivity index is 1.79. The topological polar surface area (TPSA) is 69.9 Å². The predicted molar refractivity (Wildman–Crippen MR) is 113 cm³/mol. The Hall–Kier alpha value is -3.74. The van der Waals surface area contributed by atoms with E-state index in [1.54, 1.807) is 27.5 Å². The van der Waals surface area contributed by atoms with Crippen molar-refractivity contribution in [3.8, 4) is 28.5 Å². The Morgan fingerprint density at radius 2 is 1.72 bits per heavy atom. The molecule has 0 amide bonds. The van der Waals surface area contributed by atoms with Gasteiger partial charge in [-0.2, -0.15) is 0 Å². The summed E-state index contributed by atoms with van der Waals surface area (Å²) in [5.74, 6) is 2.80. The zero-order chi connectivity index (χ0) is 20.4. The van der Waals surface area contributed by atoms with Gasteiger partial charge in [0.1, 0.15) is 11.4 Å². The highest BCUT2D eigenvalue weighted by molar-refractivity contribution is 5.71. The highest BCUT2D eigenvalue weighted by Gasteiger charge is 2.12. The second-order valence-electron chi connectivity index (χ2n) is 6.50. The van der Waals surface area contributed by atoms with Crippen LogP contribution in [0.5, 0.6) is 17.2 Å². The smallest absolute Gasteiger partial charge is 0.213 e. The quantitative estimate of drug-likeness (QED) is 0.524. The zero-order valence-electron chi connectivity index (χ0n) is 16.8. The molecule has 0 aliphatic rings. The van der Waals surface area contributed by atoms with E-state index in [1.807, 2.05) is 60.0 Å². The fourth-order valence-electron chi connectivity index (χ4n) is 3.18. The minimum absolute atomic E-state index is 0.649. The number of hydrogen-bond acceptors (Lipinski definition) is 6. The van der Waals surface area contributed by atoms with Crippen molar-refractivity contribution in [2.24, 2.45) is 0 Å². The van der Waals surface area contributed by atoms with Crippen LogP contribution in [0.15, 0.2) is 54.9 Å². The standard InChI is InChI=1S/C22H22N4O3/c1-14-11-16(27-2)6-7-17(14)24-22-25-18(13-21-23-9-10-26(21)22)15-5-8-19(28-3)20(12-15)29-4/h5-13H,1-4H3,(H,24,25). The van der Waals surface area contributed by atoms with Crippen molar-refractivity contribution in [1.82, 2.24) is 14.4 Å². The summed E-state index contributed by atoms with van der Waals surface area (Å²) >= 11 is 0. The molecule has 0 saturated carbocycles. The van der Waals surface area contributed by atoms with Gasteiger partial charge in [0.05, 0.1) is 27.0 Å². The third kappa shape index (κ3) is 3.54. The molecule has 0 radical (unpaired) electrons. The number of imidazole rings is 1. The molecule has 4 rings (SSSR count). The third-order valence-electron chi connectivity index (χ3n) is 4.75. The fourth-order valence-corrected chi connectivity index (χ4v) is 3.18. The van der Waals surface area contributed by atoms with Gasteiger partial charge in [0.15, 0.2) is 11.5 Å². The summed E-state index contributed by atoms with van der Waals surface area (Å²) in [5, 5.41) is 3.41. The van der Waals surface area contributed by atoms with Crippen LogP contribution >= 0.6 is 0 Å². The van der Waals surface area contributed by atoms with Gasteiger partial charge in [-0.3, -0.25) is 4.40 Å². The highest BCUT2D eigenvalue weighted by Crippen LogP contribution is 2.33. The maximum absolute atomic E-state index is 5.43. The van der Waals surface area contributed by atoms with Crippen molar-refractivity contribution >= 4 is 17.3 Å². The Kier molecular flexibility index (Phi) is 4.95.